The van der Waals surface area contributed by atoms with Crippen LogP contribution in [0.5, 0.6) is 0 Å². The molecule has 1 aromatic rings. The van der Waals surface area contributed by atoms with Gasteiger partial charge in [-0.3, -0.25) is 4.79 Å². The van der Waals surface area contributed by atoms with Crippen molar-refractivity contribution in [2.75, 3.05) is 5.32 Å². The molecule has 0 bridgehead atoms. The third-order valence-corrected chi connectivity index (χ3v) is 2.58. The number of rotatable bonds is 3. The summed E-state index contributed by atoms with van der Waals surface area (Å²) < 4.78 is 4.42. The number of esters is 1. The van der Waals surface area contributed by atoms with Crippen molar-refractivity contribution in [2.45, 2.75) is 30.7 Å². The van der Waals surface area contributed by atoms with Crippen LogP contribution in [0.2, 0.25) is 0 Å². The fourth-order valence-corrected chi connectivity index (χ4v) is 1.43. The summed E-state index contributed by atoms with van der Waals surface area (Å²) in [5.41, 5.74) is 0.292. The Hall–Kier alpha value is -1.07. The summed E-state index contributed by atoms with van der Waals surface area (Å²) in [6.45, 7) is 5.37. The van der Waals surface area contributed by atoms with Crippen LogP contribution in [-0.4, -0.2) is 21.8 Å². The number of carbonyl (C=O) groups is 2. The number of alkyl halides is 2. The minimum Gasteiger partial charge on any atom is -0.456 e. The Kier molecular flexibility index (Phi) is 5.38. The Bertz CT molecular complexity index is 483. The van der Waals surface area contributed by atoms with E-state index < -0.39 is 21.8 Å². The molecule has 0 saturated heterocycles. The van der Waals surface area contributed by atoms with Crippen molar-refractivity contribution in [3.63, 3.8) is 0 Å². The minimum absolute atomic E-state index is 0.369. The fourth-order valence-electron chi connectivity index (χ4n) is 1.26. The van der Waals surface area contributed by atoms with Gasteiger partial charge in [-0.1, -0.05) is 33.6 Å². The highest BCUT2D eigenvalue weighted by Gasteiger charge is 2.18. The Balaban J connectivity index is 2.83. The van der Waals surface area contributed by atoms with Crippen molar-refractivity contribution >= 4 is 45.1 Å². The van der Waals surface area contributed by atoms with Crippen LogP contribution in [0.4, 0.5) is 5.69 Å². The molecule has 0 heterocycles. The molecule has 0 radical (unpaired) electrons. The van der Waals surface area contributed by atoms with Crippen molar-refractivity contribution < 1.29 is 14.3 Å². The van der Waals surface area contributed by atoms with Crippen LogP contribution < -0.4 is 5.32 Å². The predicted octanol–water partition coefficient (Wildman–Crippen LogP) is 3.54. The van der Waals surface area contributed by atoms with Crippen LogP contribution >= 0.6 is 27.5 Å². The van der Waals surface area contributed by atoms with E-state index in [2.05, 4.69) is 21.2 Å². The molecule has 1 amide bonds. The second kappa shape index (κ2) is 6.39. The topological polar surface area (TPSA) is 55.4 Å². The summed E-state index contributed by atoms with van der Waals surface area (Å²) in [5.74, 6) is -0.840. The molecule has 0 aromatic heterocycles. The van der Waals surface area contributed by atoms with Gasteiger partial charge in [0.25, 0.3) is 5.91 Å². The van der Waals surface area contributed by atoms with Gasteiger partial charge in [0.15, 0.2) is 4.29 Å². The van der Waals surface area contributed by atoms with E-state index in [1.54, 1.807) is 39.0 Å². The summed E-state index contributed by atoms with van der Waals surface area (Å²) in [6.07, 6.45) is 0. The third-order valence-electron chi connectivity index (χ3n) is 1.96. The molecule has 104 valence electrons. The molecule has 0 aliphatic carbocycles. The van der Waals surface area contributed by atoms with Gasteiger partial charge in [0.05, 0.1) is 5.56 Å². The first kappa shape index (κ1) is 16.0. The molecule has 0 fully saturated rings. The fraction of sp³-hybridized carbons (Fsp3) is 0.385. The minimum atomic E-state index is -0.822. The predicted molar refractivity (Wildman–Crippen MR) is 78.8 cm³/mol. The Morgan fingerprint density at radius 1 is 1.37 bits per heavy atom. The van der Waals surface area contributed by atoms with Gasteiger partial charge in [-0.25, -0.2) is 4.79 Å². The number of hydrogen-bond acceptors (Lipinski definition) is 3. The SMILES string of the molecule is CC(C)(C)OC(=O)c1cccc(NC(=O)C(Cl)Br)c1. The molecule has 0 aliphatic heterocycles. The molecule has 0 aliphatic rings. The molecule has 0 spiro atoms. The number of anilines is 1. The van der Waals surface area contributed by atoms with Crippen LogP contribution in [0.25, 0.3) is 0 Å². The first-order chi connectivity index (χ1) is 8.69. The molecule has 1 rings (SSSR count). The number of hydrogen-bond donors (Lipinski definition) is 1. The van der Waals surface area contributed by atoms with Gasteiger partial charge in [0.1, 0.15) is 5.60 Å². The van der Waals surface area contributed by atoms with E-state index in [0.717, 1.165) is 0 Å². The Morgan fingerprint density at radius 2 is 2.00 bits per heavy atom. The van der Waals surface area contributed by atoms with Crippen LogP contribution in [0.3, 0.4) is 0 Å². The van der Waals surface area contributed by atoms with Crippen LogP contribution in [0, 0.1) is 0 Å². The summed E-state index contributed by atoms with van der Waals surface area (Å²) in [4.78, 5) is 23.3. The van der Waals surface area contributed by atoms with E-state index in [0.29, 0.717) is 11.3 Å². The second-order valence-electron chi connectivity index (χ2n) is 4.87. The Morgan fingerprint density at radius 3 is 2.53 bits per heavy atom. The van der Waals surface area contributed by atoms with Gasteiger partial charge < -0.3 is 10.1 Å². The molecule has 0 saturated carbocycles. The van der Waals surface area contributed by atoms with Gasteiger partial charge in [0, 0.05) is 5.69 Å². The van der Waals surface area contributed by atoms with Crippen LogP contribution in [0.15, 0.2) is 24.3 Å². The van der Waals surface area contributed by atoms with E-state index >= 15 is 0 Å². The van der Waals surface area contributed by atoms with Gasteiger partial charge in [-0.15, -0.1) is 0 Å². The quantitative estimate of drug-likeness (QED) is 0.671. The molecule has 1 unspecified atom stereocenters. The lowest BCUT2D eigenvalue weighted by atomic mass is 10.1. The largest absolute Gasteiger partial charge is 0.456 e. The van der Waals surface area contributed by atoms with E-state index in [1.807, 2.05) is 0 Å². The molecule has 19 heavy (non-hydrogen) atoms. The number of ether oxygens (including phenoxy) is 1. The maximum atomic E-state index is 11.9. The maximum Gasteiger partial charge on any atom is 0.338 e. The van der Waals surface area contributed by atoms with Crippen LogP contribution in [0.1, 0.15) is 31.1 Å². The number of nitrogens with one attached hydrogen (secondary N) is 1. The first-order valence-electron chi connectivity index (χ1n) is 5.61. The number of benzene rings is 1. The zero-order chi connectivity index (χ0) is 14.6. The summed E-state index contributed by atoms with van der Waals surface area (Å²) >= 11 is 8.53. The summed E-state index contributed by atoms with van der Waals surface area (Å²) in [6, 6.07) is 6.48. The van der Waals surface area contributed by atoms with Gasteiger partial charge in [0.2, 0.25) is 0 Å². The standard InChI is InChI=1S/C13H15BrClNO3/c1-13(2,3)19-12(18)8-5-4-6-9(7-8)16-11(17)10(14)15/h4-7,10H,1-3H3,(H,16,17). The number of amides is 1. The van der Waals surface area contributed by atoms with Gasteiger partial charge in [-0.2, -0.15) is 0 Å². The third kappa shape index (κ3) is 5.61. The lowest BCUT2D eigenvalue weighted by Crippen LogP contribution is -2.24. The van der Waals surface area contributed by atoms with Crippen molar-refractivity contribution in [1.29, 1.82) is 0 Å². The van der Waals surface area contributed by atoms with Gasteiger partial charge in [-0.05, 0) is 39.0 Å². The van der Waals surface area contributed by atoms with Crippen LogP contribution in [-0.2, 0) is 9.53 Å². The van der Waals surface area contributed by atoms with Crippen molar-refractivity contribution in [3.05, 3.63) is 29.8 Å². The zero-order valence-electron chi connectivity index (χ0n) is 10.9. The highest BCUT2D eigenvalue weighted by molar-refractivity contribution is 9.10. The van der Waals surface area contributed by atoms with Crippen molar-refractivity contribution in [1.82, 2.24) is 0 Å². The molecule has 1 N–H and O–H groups in total. The summed E-state index contributed by atoms with van der Waals surface area (Å²) in [7, 11) is 0. The van der Waals surface area contributed by atoms with E-state index in [9.17, 15) is 9.59 Å². The van der Waals surface area contributed by atoms with E-state index in [1.165, 1.54) is 6.07 Å². The van der Waals surface area contributed by atoms with Gasteiger partial charge >= 0.3 is 5.97 Å². The summed E-state index contributed by atoms with van der Waals surface area (Å²) in [5, 5.41) is 2.57. The molecule has 1 atom stereocenters. The lowest BCUT2D eigenvalue weighted by Gasteiger charge is -2.19. The molecular weight excluding hydrogens is 334 g/mol. The number of carbonyl (C=O) groups excluding carboxylic acids is 2. The monoisotopic (exact) mass is 347 g/mol. The highest BCUT2D eigenvalue weighted by atomic mass is 79.9. The molecule has 6 heteroatoms. The Labute approximate surface area is 125 Å². The van der Waals surface area contributed by atoms with E-state index in [4.69, 9.17) is 16.3 Å². The molecule has 4 nitrogen and oxygen atoms in total. The lowest BCUT2D eigenvalue weighted by molar-refractivity contribution is -0.114. The van der Waals surface area contributed by atoms with Crippen molar-refractivity contribution in [3.8, 4) is 0 Å². The smallest absolute Gasteiger partial charge is 0.338 e. The van der Waals surface area contributed by atoms with E-state index in [-0.39, 0.29) is 0 Å². The normalized spacial score (nSPS) is 12.7. The average Bonchev–Trinajstić information content (AvgIpc) is 2.27. The first-order valence-corrected chi connectivity index (χ1v) is 6.97. The average molecular weight is 349 g/mol. The molecular formula is C13H15BrClNO3. The van der Waals surface area contributed by atoms with Crippen molar-refractivity contribution in [2.24, 2.45) is 0 Å². The second-order valence-corrected chi connectivity index (χ2v) is 6.75. The zero-order valence-corrected chi connectivity index (χ0v) is 13.2. The maximum absolute atomic E-state index is 11.9. The number of halogens is 2. The highest BCUT2D eigenvalue weighted by Crippen LogP contribution is 2.17. The molecule has 1 aromatic carbocycles.